The van der Waals surface area contributed by atoms with E-state index in [2.05, 4.69) is 27.0 Å². The van der Waals surface area contributed by atoms with Gasteiger partial charge in [-0.2, -0.15) is 0 Å². The number of carbonyl (C=O) groups excluding carboxylic acids is 2. The predicted molar refractivity (Wildman–Crippen MR) is 119 cm³/mol. The number of imide groups is 1. The van der Waals surface area contributed by atoms with Crippen LogP contribution in [0.5, 0.6) is 0 Å². The summed E-state index contributed by atoms with van der Waals surface area (Å²) in [6.07, 6.45) is 1.81. The minimum absolute atomic E-state index is 0.211. The molecule has 0 saturated carbocycles. The second-order valence-electron chi connectivity index (χ2n) is 6.99. The molecule has 1 saturated heterocycles. The average Bonchev–Trinajstić information content (AvgIpc) is 3.35. The zero-order valence-electron chi connectivity index (χ0n) is 16.4. The van der Waals surface area contributed by atoms with Gasteiger partial charge in [-0.15, -0.1) is 0 Å². The van der Waals surface area contributed by atoms with Crippen LogP contribution in [0.1, 0.15) is 12.5 Å². The molecule has 2 aromatic carbocycles. The highest BCUT2D eigenvalue weighted by molar-refractivity contribution is 8.00. The van der Waals surface area contributed by atoms with Crippen molar-refractivity contribution >= 4 is 35.3 Å². The molecule has 6 nitrogen and oxygen atoms in total. The van der Waals surface area contributed by atoms with E-state index in [1.807, 2.05) is 55.6 Å². The number of halogens is 1. The largest absolute Gasteiger partial charge is 0.336 e. The first-order valence-corrected chi connectivity index (χ1v) is 10.9. The van der Waals surface area contributed by atoms with Gasteiger partial charge in [0.05, 0.1) is 23.7 Å². The van der Waals surface area contributed by atoms with Gasteiger partial charge in [0.1, 0.15) is 0 Å². The quantitative estimate of drug-likeness (QED) is 0.581. The summed E-state index contributed by atoms with van der Waals surface area (Å²) in [5.74, 6) is -0.211. The summed E-state index contributed by atoms with van der Waals surface area (Å²) in [7, 11) is 0. The lowest BCUT2D eigenvalue weighted by molar-refractivity contribution is -0.126. The van der Waals surface area contributed by atoms with E-state index in [1.165, 1.54) is 16.7 Å². The van der Waals surface area contributed by atoms with Gasteiger partial charge in [-0.3, -0.25) is 9.69 Å². The number of urea groups is 1. The maximum atomic E-state index is 12.7. The lowest BCUT2D eigenvalue weighted by Gasteiger charge is -2.18. The molecule has 1 aliphatic rings. The van der Waals surface area contributed by atoms with Crippen molar-refractivity contribution in [2.75, 3.05) is 13.1 Å². The van der Waals surface area contributed by atoms with Gasteiger partial charge in [-0.05, 0) is 30.2 Å². The molecular formula is C22H21ClN4O2S. The van der Waals surface area contributed by atoms with Crippen LogP contribution in [0.2, 0.25) is 5.02 Å². The van der Waals surface area contributed by atoms with Gasteiger partial charge in [0.15, 0.2) is 5.16 Å². The molecule has 8 heteroatoms. The number of thioether (sulfide) groups is 1. The number of hydrogen-bond donors (Lipinski definition) is 1. The number of hydrogen-bond acceptors (Lipinski definition) is 4. The van der Waals surface area contributed by atoms with Crippen LogP contribution < -0.4 is 5.32 Å². The van der Waals surface area contributed by atoms with Gasteiger partial charge in [-0.25, -0.2) is 9.78 Å². The summed E-state index contributed by atoms with van der Waals surface area (Å²) >= 11 is 7.41. The molecule has 3 aromatic rings. The number of carbonyl (C=O) groups is 2. The van der Waals surface area contributed by atoms with E-state index in [-0.39, 0.29) is 11.9 Å². The third-order valence-electron chi connectivity index (χ3n) is 4.90. The van der Waals surface area contributed by atoms with Gasteiger partial charge in [0.2, 0.25) is 5.91 Å². The van der Waals surface area contributed by atoms with Gasteiger partial charge in [0, 0.05) is 18.1 Å². The highest BCUT2D eigenvalue weighted by Crippen LogP contribution is 2.31. The molecular weight excluding hydrogens is 420 g/mol. The highest BCUT2D eigenvalue weighted by Gasteiger charge is 2.31. The van der Waals surface area contributed by atoms with E-state index in [9.17, 15) is 9.59 Å². The van der Waals surface area contributed by atoms with Crippen molar-refractivity contribution in [1.82, 2.24) is 19.8 Å². The van der Waals surface area contributed by atoms with Crippen molar-refractivity contribution < 1.29 is 9.59 Å². The Bertz CT molecular complexity index is 1050. The van der Waals surface area contributed by atoms with E-state index in [4.69, 9.17) is 11.6 Å². The molecule has 0 bridgehead atoms. The molecule has 154 valence electrons. The van der Waals surface area contributed by atoms with Crippen LogP contribution in [-0.2, 0) is 11.3 Å². The molecule has 1 unspecified atom stereocenters. The highest BCUT2D eigenvalue weighted by atomic mass is 35.5. The Morgan fingerprint density at radius 2 is 1.93 bits per heavy atom. The summed E-state index contributed by atoms with van der Waals surface area (Å²) < 4.78 is 2.09. The second kappa shape index (κ2) is 8.93. The molecule has 1 atom stereocenters. The zero-order valence-corrected chi connectivity index (χ0v) is 18.0. The predicted octanol–water partition coefficient (Wildman–Crippen LogP) is 4.28. The SMILES string of the molecule is CC(Sc1ncc(-c2ccc(Cl)cc2)n1Cc1ccccc1)C(=O)N1CCNC1=O. The summed E-state index contributed by atoms with van der Waals surface area (Å²) in [5, 5.41) is 3.63. The molecule has 1 fully saturated rings. The summed E-state index contributed by atoms with van der Waals surface area (Å²) in [6, 6.07) is 17.4. The molecule has 2 heterocycles. The van der Waals surface area contributed by atoms with Crippen molar-refractivity contribution in [1.29, 1.82) is 0 Å². The van der Waals surface area contributed by atoms with Crippen molar-refractivity contribution in [3.63, 3.8) is 0 Å². The van der Waals surface area contributed by atoms with Crippen LogP contribution in [0.3, 0.4) is 0 Å². The average molecular weight is 441 g/mol. The minimum Gasteiger partial charge on any atom is -0.336 e. The fourth-order valence-corrected chi connectivity index (χ4v) is 4.41. The minimum atomic E-state index is -0.441. The topological polar surface area (TPSA) is 67.2 Å². The van der Waals surface area contributed by atoms with Crippen molar-refractivity contribution in [3.8, 4) is 11.3 Å². The maximum absolute atomic E-state index is 12.7. The van der Waals surface area contributed by atoms with Gasteiger partial charge >= 0.3 is 6.03 Å². The molecule has 3 amide bonds. The smallest absolute Gasteiger partial charge is 0.324 e. The van der Waals surface area contributed by atoms with E-state index < -0.39 is 5.25 Å². The molecule has 1 N–H and O–H groups in total. The Morgan fingerprint density at radius 1 is 1.20 bits per heavy atom. The molecule has 1 aromatic heterocycles. The Balaban J connectivity index is 1.64. The lowest BCUT2D eigenvalue weighted by Crippen LogP contribution is -2.39. The summed E-state index contributed by atoms with van der Waals surface area (Å²) in [4.78, 5) is 30.5. The zero-order chi connectivity index (χ0) is 21.1. The first kappa shape index (κ1) is 20.5. The van der Waals surface area contributed by atoms with E-state index >= 15 is 0 Å². The molecule has 0 spiro atoms. The fourth-order valence-electron chi connectivity index (χ4n) is 3.33. The van der Waals surface area contributed by atoms with Crippen LogP contribution in [0.15, 0.2) is 66.0 Å². The van der Waals surface area contributed by atoms with E-state index in [0.717, 1.165) is 22.0 Å². The third-order valence-corrected chi connectivity index (χ3v) is 6.24. The van der Waals surface area contributed by atoms with Crippen LogP contribution in [0.4, 0.5) is 4.79 Å². The number of benzene rings is 2. The van der Waals surface area contributed by atoms with Gasteiger partial charge in [-0.1, -0.05) is 65.8 Å². The van der Waals surface area contributed by atoms with E-state index in [0.29, 0.717) is 24.7 Å². The number of rotatable bonds is 6. The molecule has 0 radical (unpaired) electrons. The van der Waals surface area contributed by atoms with Gasteiger partial charge < -0.3 is 9.88 Å². The normalized spacial score (nSPS) is 14.6. The fraction of sp³-hybridized carbons (Fsp3) is 0.227. The number of nitrogens with one attached hydrogen (secondary N) is 1. The Kier molecular flexibility index (Phi) is 6.11. The maximum Gasteiger partial charge on any atom is 0.324 e. The first-order valence-electron chi connectivity index (χ1n) is 9.64. The third kappa shape index (κ3) is 4.37. The van der Waals surface area contributed by atoms with Crippen LogP contribution in [0, 0.1) is 0 Å². The number of nitrogens with zero attached hydrogens (tertiary/aromatic N) is 3. The Labute approximate surface area is 184 Å². The summed E-state index contributed by atoms with van der Waals surface area (Å²) in [6.45, 7) is 3.32. The van der Waals surface area contributed by atoms with E-state index in [1.54, 1.807) is 0 Å². The number of amides is 3. The molecule has 30 heavy (non-hydrogen) atoms. The van der Waals surface area contributed by atoms with Gasteiger partial charge in [0.25, 0.3) is 0 Å². The Hall–Kier alpha value is -2.77. The number of aromatic nitrogens is 2. The Morgan fingerprint density at radius 3 is 2.60 bits per heavy atom. The number of imidazole rings is 1. The molecule has 4 rings (SSSR count). The lowest BCUT2D eigenvalue weighted by atomic mass is 10.1. The van der Waals surface area contributed by atoms with Crippen molar-refractivity contribution in [2.24, 2.45) is 0 Å². The van der Waals surface area contributed by atoms with Crippen LogP contribution >= 0.6 is 23.4 Å². The van der Waals surface area contributed by atoms with Crippen LogP contribution in [0.25, 0.3) is 11.3 Å². The summed E-state index contributed by atoms with van der Waals surface area (Å²) in [5.41, 5.74) is 3.06. The molecule has 0 aliphatic carbocycles. The second-order valence-corrected chi connectivity index (χ2v) is 8.73. The van der Waals surface area contributed by atoms with Crippen molar-refractivity contribution in [3.05, 3.63) is 71.4 Å². The first-order chi connectivity index (χ1) is 14.5. The standard InChI is InChI=1S/C22H21ClN4O2S/c1-15(20(28)26-12-11-24-21(26)29)30-22-25-13-19(17-7-9-18(23)10-8-17)27(22)14-16-5-3-2-4-6-16/h2-10,13,15H,11-12,14H2,1H3,(H,24,29). The van der Waals surface area contributed by atoms with Crippen molar-refractivity contribution in [2.45, 2.75) is 23.9 Å². The monoisotopic (exact) mass is 440 g/mol. The van der Waals surface area contributed by atoms with Crippen LogP contribution in [-0.4, -0.2) is 44.7 Å². The molecule has 1 aliphatic heterocycles.